The Hall–Kier alpha value is -2.66. The van der Waals surface area contributed by atoms with Crippen molar-refractivity contribution < 1.29 is 9.90 Å². The molecule has 2 N–H and O–H groups in total. The van der Waals surface area contributed by atoms with Gasteiger partial charge in [-0.25, -0.2) is 4.98 Å². The lowest BCUT2D eigenvalue weighted by molar-refractivity contribution is -0.121. The van der Waals surface area contributed by atoms with Crippen LogP contribution in [0.25, 0.3) is 11.0 Å². The normalized spacial score (nSPS) is 12.2. The summed E-state index contributed by atoms with van der Waals surface area (Å²) in [6.07, 6.45) is 1.51. The summed E-state index contributed by atoms with van der Waals surface area (Å²) in [6.45, 7) is 2.75. The number of aromatic nitrogens is 2. The molecule has 26 heavy (non-hydrogen) atoms. The van der Waals surface area contributed by atoms with Gasteiger partial charge in [0.2, 0.25) is 5.91 Å². The number of carbonyl (C=O) groups excluding carboxylic acids is 1. The number of para-hydroxylation sites is 2. The number of imidazole rings is 1. The summed E-state index contributed by atoms with van der Waals surface area (Å²) < 4.78 is 2.25. The summed E-state index contributed by atoms with van der Waals surface area (Å²) in [5.41, 5.74) is 3.30. The van der Waals surface area contributed by atoms with Crippen molar-refractivity contribution in [1.82, 2.24) is 14.9 Å². The van der Waals surface area contributed by atoms with Gasteiger partial charge >= 0.3 is 0 Å². The van der Waals surface area contributed by atoms with Crippen LogP contribution in [0.4, 0.5) is 0 Å². The van der Waals surface area contributed by atoms with Crippen molar-refractivity contribution in [3.8, 4) is 0 Å². The maximum Gasteiger partial charge on any atom is 0.220 e. The van der Waals surface area contributed by atoms with Crippen molar-refractivity contribution in [3.05, 3.63) is 66.0 Å². The van der Waals surface area contributed by atoms with Gasteiger partial charge in [0.1, 0.15) is 5.82 Å². The largest absolute Gasteiger partial charge is 0.396 e. The highest BCUT2D eigenvalue weighted by molar-refractivity contribution is 5.77. The standard InChI is InChI=1S/C21H25N3O2/c1-16(17-8-3-2-4-9-17)24-19-11-6-5-10-18(19)23-20(24)13-14-22-21(26)12-7-15-25/h2-6,8-11,16,25H,7,12-15H2,1H3,(H,22,26). The molecule has 5 nitrogen and oxygen atoms in total. The number of nitrogens with one attached hydrogen (secondary N) is 1. The fraction of sp³-hybridized carbons (Fsp3) is 0.333. The monoisotopic (exact) mass is 351 g/mol. The van der Waals surface area contributed by atoms with E-state index in [-0.39, 0.29) is 18.6 Å². The Kier molecular flexibility index (Phi) is 6.02. The minimum atomic E-state index is -0.0298. The third-order valence-electron chi connectivity index (χ3n) is 4.57. The molecule has 1 amide bonds. The lowest BCUT2D eigenvalue weighted by Crippen LogP contribution is -2.26. The second kappa shape index (κ2) is 8.63. The molecule has 136 valence electrons. The molecular weight excluding hydrogens is 326 g/mol. The quantitative estimate of drug-likeness (QED) is 0.655. The van der Waals surface area contributed by atoms with E-state index in [9.17, 15) is 4.79 Å². The predicted octanol–water partition coefficient (Wildman–Crippen LogP) is 3.08. The molecule has 5 heteroatoms. The number of carbonyl (C=O) groups is 1. The van der Waals surface area contributed by atoms with Gasteiger partial charge < -0.3 is 15.0 Å². The fourth-order valence-electron chi connectivity index (χ4n) is 3.23. The number of fused-ring (bicyclic) bond motifs is 1. The van der Waals surface area contributed by atoms with E-state index in [4.69, 9.17) is 10.1 Å². The van der Waals surface area contributed by atoms with Gasteiger partial charge in [-0.15, -0.1) is 0 Å². The number of benzene rings is 2. The summed E-state index contributed by atoms with van der Waals surface area (Å²) in [7, 11) is 0. The van der Waals surface area contributed by atoms with Gasteiger partial charge in [-0.3, -0.25) is 4.79 Å². The van der Waals surface area contributed by atoms with E-state index in [1.165, 1.54) is 5.56 Å². The van der Waals surface area contributed by atoms with Crippen molar-refractivity contribution in [1.29, 1.82) is 0 Å². The lowest BCUT2D eigenvalue weighted by Gasteiger charge is -2.18. The molecule has 0 radical (unpaired) electrons. The van der Waals surface area contributed by atoms with Gasteiger partial charge in [-0.1, -0.05) is 42.5 Å². The summed E-state index contributed by atoms with van der Waals surface area (Å²) in [5, 5.41) is 11.7. The molecule has 1 atom stereocenters. The Morgan fingerprint density at radius 2 is 1.88 bits per heavy atom. The highest BCUT2D eigenvalue weighted by Crippen LogP contribution is 2.26. The highest BCUT2D eigenvalue weighted by atomic mass is 16.3. The number of aliphatic hydroxyl groups excluding tert-OH is 1. The molecule has 1 heterocycles. The first kappa shape index (κ1) is 18.1. The second-order valence-electron chi connectivity index (χ2n) is 6.40. The zero-order valence-electron chi connectivity index (χ0n) is 15.1. The van der Waals surface area contributed by atoms with Crippen molar-refractivity contribution in [2.24, 2.45) is 0 Å². The van der Waals surface area contributed by atoms with Crippen LogP contribution in [0.15, 0.2) is 54.6 Å². The Bertz CT molecular complexity index is 858. The highest BCUT2D eigenvalue weighted by Gasteiger charge is 2.17. The first-order valence-corrected chi connectivity index (χ1v) is 9.09. The van der Waals surface area contributed by atoms with E-state index >= 15 is 0 Å². The van der Waals surface area contributed by atoms with Gasteiger partial charge in [0.05, 0.1) is 17.1 Å². The Morgan fingerprint density at radius 3 is 2.65 bits per heavy atom. The molecule has 0 spiro atoms. The van der Waals surface area contributed by atoms with E-state index < -0.39 is 0 Å². The molecule has 0 saturated carbocycles. The molecule has 0 bridgehead atoms. The maximum atomic E-state index is 11.8. The number of rotatable bonds is 8. The van der Waals surface area contributed by atoms with E-state index in [0.717, 1.165) is 16.9 Å². The fourth-order valence-corrected chi connectivity index (χ4v) is 3.23. The molecule has 0 fully saturated rings. The zero-order valence-corrected chi connectivity index (χ0v) is 15.1. The summed E-state index contributed by atoms with van der Waals surface area (Å²) >= 11 is 0. The first-order valence-electron chi connectivity index (χ1n) is 9.09. The smallest absolute Gasteiger partial charge is 0.220 e. The summed E-state index contributed by atoms with van der Waals surface area (Å²) in [6, 6.07) is 18.6. The molecule has 1 aromatic heterocycles. The number of hydrogen-bond donors (Lipinski definition) is 2. The van der Waals surface area contributed by atoms with Crippen LogP contribution in [0.5, 0.6) is 0 Å². The van der Waals surface area contributed by atoms with Crippen LogP contribution >= 0.6 is 0 Å². The van der Waals surface area contributed by atoms with E-state index in [0.29, 0.717) is 25.8 Å². The van der Waals surface area contributed by atoms with Gasteiger partial charge in [0, 0.05) is 26.0 Å². The van der Waals surface area contributed by atoms with E-state index in [2.05, 4.69) is 35.0 Å². The molecule has 3 rings (SSSR count). The third kappa shape index (κ3) is 4.11. The molecular formula is C21H25N3O2. The van der Waals surface area contributed by atoms with Crippen LogP contribution in [0.3, 0.4) is 0 Å². The summed E-state index contributed by atoms with van der Waals surface area (Å²) in [5.74, 6) is 0.933. The van der Waals surface area contributed by atoms with Gasteiger partial charge in [0.15, 0.2) is 0 Å². The van der Waals surface area contributed by atoms with E-state index in [1.807, 2.05) is 36.4 Å². The Morgan fingerprint density at radius 1 is 1.15 bits per heavy atom. The number of nitrogens with zero attached hydrogens (tertiary/aromatic N) is 2. The van der Waals surface area contributed by atoms with Crippen molar-refractivity contribution in [3.63, 3.8) is 0 Å². The molecule has 0 aliphatic carbocycles. The minimum absolute atomic E-state index is 0.0298. The van der Waals surface area contributed by atoms with Gasteiger partial charge in [-0.2, -0.15) is 0 Å². The van der Waals surface area contributed by atoms with Crippen molar-refractivity contribution >= 4 is 16.9 Å². The molecule has 0 saturated heterocycles. The molecule has 2 aromatic carbocycles. The number of aliphatic hydroxyl groups is 1. The van der Waals surface area contributed by atoms with Crippen LogP contribution in [-0.4, -0.2) is 33.7 Å². The minimum Gasteiger partial charge on any atom is -0.396 e. The molecule has 0 aliphatic rings. The lowest BCUT2D eigenvalue weighted by atomic mass is 10.1. The van der Waals surface area contributed by atoms with Crippen LogP contribution in [-0.2, 0) is 11.2 Å². The topological polar surface area (TPSA) is 67.2 Å². The average molecular weight is 351 g/mol. The average Bonchev–Trinajstić information content (AvgIpc) is 3.04. The molecule has 0 aliphatic heterocycles. The first-order chi connectivity index (χ1) is 12.7. The van der Waals surface area contributed by atoms with Crippen molar-refractivity contribution in [2.75, 3.05) is 13.2 Å². The van der Waals surface area contributed by atoms with Gasteiger partial charge in [-0.05, 0) is 31.0 Å². The maximum absolute atomic E-state index is 11.8. The van der Waals surface area contributed by atoms with Crippen LogP contribution in [0, 0.1) is 0 Å². The Labute approximate surface area is 153 Å². The second-order valence-corrected chi connectivity index (χ2v) is 6.40. The number of amides is 1. The molecule has 3 aromatic rings. The van der Waals surface area contributed by atoms with Crippen LogP contribution in [0.2, 0.25) is 0 Å². The van der Waals surface area contributed by atoms with Gasteiger partial charge in [0.25, 0.3) is 0 Å². The third-order valence-corrected chi connectivity index (χ3v) is 4.57. The zero-order chi connectivity index (χ0) is 18.4. The Balaban J connectivity index is 1.82. The predicted molar refractivity (Wildman–Crippen MR) is 103 cm³/mol. The number of hydrogen-bond acceptors (Lipinski definition) is 3. The van der Waals surface area contributed by atoms with Crippen LogP contribution in [0.1, 0.15) is 37.2 Å². The SMILES string of the molecule is CC(c1ccccc1)n1c(CCNC(=O)CCCO)nc2ccccc21. The summed E-state index contributed by atoms with van der Waals surface area (Å²) in [4.78, 5) is 16.5. The van der Waals surface area contributed by atoms with E-state index in [1.54, 1.807) is 0 Å². The van der Waals surface area contributed by atoms with Crippen LogP contribution < -0.4 is 5.32 Å². The van der Waals surface area contributed by atoms with Crippen molar-refractivity contribution in [2.45, 2.75) is 32.2 Å². The molecule has 1 unspecified atom stereocenters.